The van der Waals surface area contributed by atoms with Gasteiger partial charge in [-0.1, -0.05) is 116 Å². The molecule has 204 valence electrons. The lowest BCUT2D eigenvalue weighted by molar-refractivity contribution is -0.124. The highest BCUT2D eigenvalue weighted by Gasteiger charge is 2.29. The topological polar surface area (TPSA) is 67.4 Å². The van der Waals surface area contributed by atoms with E-state index in [0.29, 0.717) is 26.3 Å². The van der Waals surface area contributed by atoms with E-state index >= 15 is 0 Å². The number of nitrogens with one attached hydrogen (secondary N) is 2. The Morgan fingerprint density at radius 2 is 0.973 bits per heavy atom. The average molecular weight is 509 g/mol. The molecule has 2 aromatic carbocycles. The molecule has 0 aliphatic heterocycles. The number of hydrogen-bond donors (Lipinski definition) is 2. The Morgan fingerprint density at radius 1 is 0.649 bits per heavy atom. The molecule has 0 bridgehead atoms. The van der Waals surface area contributed by atoms with Crippen LogP contribution in [0.1, 0.15) is 78.4 Å². The second-order valence-corrected chi connectivity index (χ2v) is 12.5. The van der Waals surface area contributed by atoms with Crippen LogP contribution < -0.4 is 10.6 Å². The van der Waals surface area contributed by atoms with Crippen molar-refractivity contribution in [2.75, 3.05) is 26.3 Å². The van der Waals surface area contributed by atoms with Gasteiger partial charge in [-0.3, -0.25) is 9.59 Å². The highest BCUT2D eigenvalue weighted by Crippen LogP contribution is 2.27. The van der Waals surface area contributed by atoms with Crippen LogP contribution in [-0.4, -0.2) is 38.1 Å². The summed E-state index contributed by atoms with van der Waals surface area (Å²) in [6.45, 7) is 18.8. The van der Waals surface area contributed by atoms with E-state index in [1.165, 1.54) is 0 Å². The minimum Gasteiger partial charge on any atom is -0.380 e. The van der Waals surface area contributed by atoms with Crippen molar-refractivity contribution in [2.45, 2.75) is 67.2 Å². The van der Waals surface area contributed by atoms with E-state index in [1.807, 2.05) is 60.7 Å². The predicted octanol–water partition coefficient (Wildman–Crippen LogP) is 6.17. The summed E-state index contributed by atoms with van der Waals surface area (Å²) in [5, 5.41) is 6.31. The van der Waals surface area contributed by atoms with Crippen molar-refractivity contribution in [2.24, 2.45) is 22.7 Å². The number of amides is 2. The summed E-state index contributed by atoms with van der Waals surface area (Å²) in [5.74, 6) is 0.160. The molecule has 0 saturated carbocycles. The molecule has 2 aromatic rings. The van der Waals surface area contributed by atoms with Gasteiger partial charge in [-0.15, -0.1) is 0 Å². The Morgan fingerprint density at radius 3 is 1.27 bits per heavy atom. The Bertz CT molecular complexity index is 889. The minimum absolute atomic E-state index is 0.0513. The van der Waals surface area contributed by atoms with E-state index in [9.17, 15) is 9.59 Å². The van der Waals surface area contributed by atoms with Gasteiger partial charge in [-0.25, -0.2) is 0 Å². The number of rotatable bonds is 14. The summed E-state index contributed by atoms with van der Waals surface area (Å²) in [4.78, 5) is 26.1. The second-order valence-electron chi connectivity index (χ2n) is 12.5. The van der Waals surface area contributed by atoms with E-state index in [0.717, 1.165) is 11.1 Å². The van der Waals surface area contributed by atoms with Crippen molar-refractivity contribution >= 4 is 11.8 Å². The zero-order chi connectivity index (χ0) is 27.6. The van der Waals surface area contributed by atoms with Gasteiger partial charge in [0.2, 0.25) is 11.8 Å². The van der Waals surface area contributed by atoms with Crippen LogP contribution >= 0.6 is 0 Å². The van der Waals surface area contributed by atoms with E-state index in [1.54, 1.807) is 0 Å². The number of benzene rings is 2. The van der Waals surface area contributed by atoms with Crippen LogP contribution in [0.15, 0.2) is 60.7 Å². The fourth-order valence-electron chi connectivity index (χ4n) is 4.58. The summed E-state index contributed by atoms with van der Waals surface area (Å²) in [6, 6.07) is 19.9. The fourth-order valence-corrected chi connectivity index (χ4v) is 4.58. The molecule has 2 N–H and O–H groups in total. The lowest BCUT2D eigenvalue weighted by atomic mass is 9.86. The van der Waals surface area contributed by atoms with Gasteiger partial charge >= 0.3 is 0 Å². The van der Waals surface area contributed by atoms with Gasteiger partial charge in [0.25, 0.3) is 0 Å². The van der Waals surface area contributed by atoms with Crippen molar-refractivity contribution in [3.8, 4) is 0 Å². The number of carbonyl (C=O) groups excluding carboxylic acids is 2. The first-order chi connectivity index (χ1) is 17.3. The van der Waals surface area contributed by atoms with Crippen molar-refractivity contribution in [1.29, 1.82) is 0 Å². The summed E-state index contributed by atoms with van der Waals surface area (Å²) < 4.78 is 6.11. The molecule has 0 aromatic heterocycles. The fraction of sp³-hybridized carbons (Fsp3) is 0.562. The third kappa shape index (κ3) is 9.96. The standard InChI is InChI=1S/C32H48N2O3/c1-23(2)27(25-15-11-9-12-16-25)29(35)33-19-31(5,6)21-37-22-32(7,8)20-34-30(36)28(24(3)4)26-17-13-10-14-18-26/h9-18,23-24,27-28H,19-22H2,1-8H3,(H,33,35)(H,34,36). The first kappa shape index (κ1) is 30.6. The molecule has 2 unspecified atom stereocenters. The van der Waals surface area contributed by atoms with Gasteiger partial charge in [-0.05, 0) is 23.0 Å². The number of ether oxygens (including phenoxy) is 1. The summed E-state index contributed by atoms with van der Waals surface area (Å²) in [6.07, 6.45) is 0. The van der Waals surface area contributed by atoms with Crippen LogP contribution in [0, 0.1) is 22.7 Å². The zero-order valence-electron chi connectivity index (χ0n) is 24.1. The predicted molar refractivity (Wildman–Crippen MR) is 152 cm³/mol. The maximum atomic E-state index is 13.0. The maximum Gasteiger partial charge on any atom is 0.227 e. The summed E-state index contributed by atoms with van der Waals surface area (Å²) in [7, 11) is 0. The van der Waals surface area contributed by atoms with Crippen molar-refractivity contribution in [1.82, 2.24) is 10.6 Å². The third-order valence-corrected chi connectivity index (χ3v) is 6.68. The SMILES string of the molecule is CC(C)C(C(=O)NCC(C)(C)COCC(C)(C)CNC(=O)C(c1ccccc1)C(C)C)c1ccccc1. The monoisotopic (exact) mass is 508 g/mol. The lowest BCUT2D eigenvalue weighted by Gasteiger charge is -2.31. The zero-order valence-corrected chi connectivity index (χ0v) is 24.1. The van der Waals surface area contributed by atoms with E-state index in [-0.39, 0.29) is 46.3 Å². The normalized spacial score (nSPS) is 13.9. The molecule has 37 heavy (non-hydrogen) atoms. The van der Waals surface area contributed by atoms with Gasteiger partial charge in [-0.2, -0.15) is 0 Å². The van der Waals surface area contributed by atoms with Crippen molar-refractivity contribution < 1.29 is 14.3 Å². The molecular formula is C32H48N2O3. The smallest absolute Gasteiger partial charge is 0.227 e. The first-order valence-electron chi connectivity index (χ1n) is 13.6. The number of carbonyl (C=O) groups is 2. The Hall–Kier alpha value is -2.66. The molecule has 0 heterocycles. The molecule has 0 aliphatic carbocycles. The van der Waals surface area contributed by atoms with Crippen LogP contribution in [-0.2, 0) is 14.3 Å². The van der Waals surface area contributed by atoms with Gasteiger partial charge in [0.05, 0.1) is 25.0 Å². The van der Waals surface area contributed by atoms with Gasteiger partial charge in [0.1, 0.15) is 0 Å². The molecule has 0 saturated heterocycles. The lowest BCUT2D eigenvalue weighted by Crippen LogP contribution is -2.42. The van der Waals surface area contributed by atoms with Gasteiger partial charge < -0.3 is 15.4 Å². The quantitative estimate of drug-likeness (QED) is 0.321. The molecule has 0 aliphatic rings. The van der Waals surface area contributed by atoms with Gasteiger partial charge in [0.15, 0.2) is 0 Å². The Balaban J connectivity index is 1.83. The van der Waals surface area contributed by atoms with Crippen LogP contribution in [0.3, 0.4) is 0 Å². The first-order valence-corrected chi connectivity index (χ1v) is 13.6. The van der Waals surface area contributed by atoms with E-state index < -0.39 is 0 Å². The average Bonchev–Trinajstić information content (AvgIpc) is 2.82. The van der Waals surface area contributed by atoms with Crippen LogP contribution in [0.5, 0.6) is 0 Å². The van der Waals surface area contributed by atoms with Gasteiger partial charge in [0, 0.05) is 23.9 Å². The molecule has 0 radical (unpaired) electrons. The van der Waals surface area contributed by atoms with Crippen molar-refractivity contribution in [3.63, 3.8) is 0 Å². The molecular weight excluding hydrogens is 460 g/mol. The molecule has 2 rings (SSSR count). The molecule has 0 spiro atoms. The van der Waals surface area contributed by atoms with Crippen LogP contribution in [0.25, 0.3) is 0 Å². The maximum absolute atomic E-state index is 13.0. The van der Waals surface area contributed by atoms with Crippen LogP contribution in [0.4, 0.5) is 0 Å². The summed E-state index contributed by atoms with van der Waals surface area (Å²) in [5.41, 5.74) is 1.65. The molecule has 2 amide bonds. The van der Waals surface area contributed by atoms with E-state index in [4.69, 9.17) is 4.74 Å². The highest BCUT2D eigenvalue weighted by molar-refractivity contribution is 5.84. The Kier molecular flexibility index (Phi) is 11.4. The van der Waals surface area contributed by atoms with Crippen LogP contribution in [0.2, 0.25) is 0 Å². The van der Waals surface area contributed by atoms with E-state index in [2.05, 4.69) is 66.0 Å². The molecule has 0 fully saturated rings. The third-order valence-electron chi connectivity index (χ3n) is 6.68. The Labute approximate surface area is 224 Å². The summed E-state index contributed by atoms with van der Waals surface area (Å²) >= 11 is 0. The largest absolute Gasteiger partial charge is 0.380 e. The molecule has 5 heteroatoms. The second kappa shape index (κ2) is 13.8. The van der Waals surface area contributed by atoms with Crippen molar-refractivity contribution in [3.05, 3.63) is 71.8 Å². The minimum atomic E-state index is -0.219. The molecule has 5 nitrogen and oxygen atoms in total. The highest BCUT2D eigenvalue weighted by atomic mass is 16.5. The number of hydrogen-bond acceptors (Lipinski definition) is 3. The molecule has 2 atom stereocenters.